The number of aromatic nitrogens is 2. The minimum Gasteiger partial charge on any atom is -0.497 e. The van der Waals surface area contributed by atoms with Gasteiger partial charge in [0.1, 0.15) is 17.0 Å². The molecular weight excluding hydrogens is 366 g/mol. The molecule has 0 aliphatic heterocycles. The Kier molecular flexibility index (Phi) is 4.47. The number of hydrogen-bond acceptors (Lipinski definition) is 7. The summed E-state index contributed by atoms with van der Waals surface area (Å²) in [7, 11) is 3.07. The van der Waals surface area contributed by atoms with E-state index >= 15 is 0 Å². The second-order valence-corrected chi connectivity index (χ2v) is 6.63. The predicted octanol–water partition coefficient (Wildman–Crippen LogP) is 4.22. The minimum absolute atomic E-state index is 0.273. The number of nitrogens with zero attached hydrogens (tertiary/aromatic N) is 2. The first-order chi connectivity index (χ1) is 13.2. The first kappa shape index (κ1) is 17.0. The number of rotatable bonds is 5. The molecule has 1 amide bonds. The standard InChI is InChI=1S/C19H15N3O4S/c1-24-11-3-4-12(14(9-11)25-2)18(23)22-17-6-5-16(27-17)19-21-13-7-8-20-10-15(13)26-19/h3-10H,1-2H3,(H,22,23). The molecule has 0 atom stereocenters. The van der Waals surface area contributed by atoms with Gasteiger partial charge in [-0.2, -0.15) is 0 Å². The molecule has 3 heterocycles. The van der Waals surface area contributed by atoms with Crippen LogP contribution in [0.25, 0.3) is 21.9 Å². The van der Waals surface area contributed by atoms with Gasteiger partial charge >= 0.3 is 0 Å². The van der Waals surface area contributed by atoms with Crippen molar-refractivity contribution in [2.75, 3.05) is 19.5 Å². The van der Waals surface area contributed by atoms with Crippen LogP contribution in [0.4, 0.5) is 5.00 Å². The molecule has 4 aromatic rings. The van der Waals surface area contributed by atoms with Gasteiger partial charge < -0.3 is 19.2 Å². The molecule has 0 unspecified atom stereocenters. The lowest BCUT2D eigenvalue weighted by Crippen LogP contribution is -2.12. The van der Waals surface area contributed by atoms with E-state index in [4.69, 9.17) is 13.9 Å². The van der Waals surface area contributed by atoms with E-state index in [0.29, 0.717) is 33.5 Å². The number of benzene rings is 1. The van der Waals surface area contributed by atoms with E-state index in [1.807, 2.05) is 6.07 Å². The van der Waals surface area contributed by atoms with Crippen LogP contribution in [0.1, 0.15) is 10.4 Å². The Labute approximate surface area is 158 Å². The highest BCUT2D eigenvalue weighted by Crippen LogP contribution is 2.33. The van der Waals surface area contributed by atoms with Crippen molar-refractivity contribution >= 4 is 33.3 Å². The molecule has 0 fully saturated rings. The van der Waals surface area contributed by atoms with Crippen molar-refractivity contribution in [3.05, 3.63) is 54.4 Å². The maximum atomic E-state index is 12.6. The summed E-state index contributed by atoms with van der Waals surface area (Å²) in [4.78, 5) is 21.9. The van der Waals surface area contributed by atoms with Crippen LogP contribution in [0.3, 0.4) is 0 Å². The van der Waals surface area contributed by atoms with Crippen molar-refractivity contribution in [2.24, 2.45) is 0 Å². The first-order valence-electron chi connectivity index (χ1n) is 8.02. The van der Waals surface area contributed by atoms with E-state index in [1.54, 1.807) is 49.8 Å². The van der Waals surface area contributed by atoms with E-state index in [2.05, 4.69) is 15.3 Å². The normalized spacial score (nSPS) is 10.7. The number of carbonyl (C=O) groups excluding carboxylic acids is 1. The van der Waals surface area contributed by atoms with Crippen molar-refractivity contribution < 1.29 is 18.7 Å². The fraction of sp³-hybridized carbons (Fsp3) is 0.105. The number of hydrogen-bond donors (Lipinski definition) is 1. The minimum atomic E-state index is -0.273. The van der Waals surface area contributed by atoms with Crippen LogP contribution in [0, 0.1) is 0 Å². The fourth-order valence-corrected chi connectivity index (χ4v) is 3.40. The van der Waals surface area contributed by atoms with E-state index < -0.39 is 0 Å². The smallest absolute Gasteiger partial charge is 0.260 e. The molecule has 0 bridgehead atoms. The number of carbonyl (C=O) groups is 1. The lowest BCUT2D eigenvalue weighted by molar-refractivity contribution is 0.102. The summed E-state index contributed by atoms with van der Waals surface area (Å²) >= 11 is 1.37. The summed E-state index contributed by atoms with van der Waals surface area (Å²) in [5, 5.41) is 3.55. The van der Waals surface area contributed by atoms with Crippen LogP contribution in [0.2, 0.25) is 0 Å². The second-order valence-electron chi connectivity index (χ2n) is 5.55. The number of nitrogens with one attached hydrogen (secondary N) is 1. The molecule has 0 radical (unpaired) electrons. The molecular formula is C19H15N3O4S. The Morgan fingerprint density at radius 1 is 1.15 bits per heavy atom. The van der Waals surface area contributed by atoms with Gasteiger partial charge in [-0.1, -0.05) is 0 Å². The van der Waals surface area contributed by atoms with Gasteiger partial charge in [-0.25, -0.2) is 4.98 Å². The lowest BCUT2D eigenvalue weighted by atomic mass is 10.2. The maximum absolute atomic E-state index is 12.6. The van der Waals surface area contributed by atoms with E-state index in [1.165, 1.54) is 18.4 Å². The highest BCUT2D eigenvalue weighted by Gasteiger charge is 2.16. The van der Waals surface area contributed by atoms with Crippen molar-refractivity contribution in [3.63, 3.8) is 0 Å². The third-order valence-corrected chi connectivity index (χ3v) is 4.89. The van der Waals surface area contributed by atoms with Gasteiger partial charge in [0.05, 0.1) is 35.9 Å². The maximum Gasteiger partial charge on any atom is 0.260 e. The van der Waals surface area contributed by atoms with Crippen molar-refractivity contribution in [3.8, 4) is 22.3 Å². The molecule has 1 N–H and O–H groups in total. The van der Waals surface area contributed by atoms with Crippen LogP contribution in [-0.4, -0.2) is 30.1 Å². The number of oxazole rings is 1. The fourth-order valence-electron chi connectivity index (χ4n) is 2.57. The van der Waals surface area contributed by atoms with Gasteiger partial charge in [0, 0.05) is 12.3 Å². The molecule has 3 aromatic heterocycles. The number of thiophene rings is 1. The molecule has 27 heavy (non-hydrogen) atoms. The zero-order chi connectivity index (χ0) is 18.8. The zero-order valence-corrected chi connectivity index (χ0v) is 15.4. The zero-order valence-electron chi connectivity index (χ0n) is 14.6. The van der Waals surface area contributed by atoms with E-state index in [9.17, 15) is 4.79 Å². The molecule has 1 aromatic carbocycles. The highest BCUT2D eigenvalue weighted by molar-refractivity contribution is 7.19. The van der Waals surface area contributed by atoms with Crippen molar-refractivity contribution in [1.29, 1.82) is 0 Å². The lowest BCUT2D eigenvalue weighted by Gasteiger charge is -2.09. The Bertz CT molecular complexity index is 1090. The van der Waals surface area contributed by atoms with Crippen LogP contribution in [-0.2, 0) is 0 Å². The number of methoxy groups -OCH3 is 2. The molecule has 7 nitrogen and oxygen atoms in total. The SMILES string of the molecule is COc1ccc(C(=O)Nc2ccc(-c3nc4ccncc4o3)s2)c(OC)c1. The van der Waals surface area contributed by atoms with E-state index in [-0.39, 0.29) is 5.91 Å². The average molecular weight is 381 g/mol. The summed E-state index contributed by atoms with van der Waals surface area (Å²) in [6, 6.07) is 10.5. The van der Waals surface area contributed by atoms with Crippen LogP contribution in [0.5, 0.6) is 11.5 Å². The monoisotopic (exact) mass is 381 g/mol. The molecule has 0 aliphatic carbocycles. The Morgan fingerprint density at radius 2 is 2.04 bits per heavy atom. The first-order valence-corrected chi connectivity index (χ1v) is 8.83. The number of anilines is 1. The van der Waals surface area contributed by atoms with Crippen molar-refractivity contribution in [2.45, 2.75) is 0 Å². The Hall–Kier alpha value is -3.39. The quantitative estimate of drug-likeness (QED) is 0.557. The number of pyridine rings is 1. The molecule has 8 heteroatoms. The van der Waals surface area contributed by atoms with Gasteiger partial charge in [-0.15, -0.1) is 11.3 Å². The molecule has 0 spiro atoms. The highest BCUT2D eigenvalue weighted by atomic mass is 32.1. The van der Waals surface area contributed by atoms with Gasteiger partial charge in [-0.3, -0.25) is 9.78 Å². The molecule has 4 rings (SSSR count). The van der Waals surface area contributed by atoms with Gasteiger partial charge in [-0.05, 0) is 30.3 Å². The van der Waals surface area contributed by atoms with Gasteiger partial charge in [0.15, 0.2) is 5.58 Å². The number of ether oxygens (including phenoxy) is 2. The van der Waals surface area contributed by atoms with Crippen LogP contribution < -0.4 is 14.8 Å². The third kappa shape index (κ3) is 3.34. The summed E-state index contributed by atoms with van der Waals surface area (Å²) in [6.45, 7) is 0. The second kappa shape index (κ2) is 7.08. The van der Waals surface area contributed by atoms with Crippen LogP contribution in [0.15, 0.2) is 53.2 Å². The number of fused-ring (bicyclic) bond motifs is 1. The Balaban J connectivity index is 1.56. The molecule has 0 saturated heterocycles. The molecule has 0 aliphatic rings. The number of amides is 1. The largest absolute Gasteiger partial charge is 0.497 e. The summed E-state index contributed by atoms with van der Waals surface area (Å²) in [5.74, 6) is 1.28. The van der Waals surface area contributed by atoms with Crippen LogP contribution >= 0.6 is 11.3 Å². The summed E-state index contributed by atoms with van der Waals surface area (Å²) in [5.41, 5.74) is 1.78. The summed E-state index contributed by atoms with van der Waals surface area (Å²) in [6.07, 6.45) is 3.29. The molecule has 136 valence electrons. The molecule has 0 saturated carbocycles. The van der Waals surface area contributed by atoms with Gasteiger partial charge in [0.2, 0.25) is 5.89 Å². The average Bonchev–Trinajstić information content (AvgIpc) is 3.33. The topological polar surface area (TPSA) is 86.5 Å². The van der Waals surface area contributed by atoms with Gasteiger partial charge in [0.25, 0.3) is 5.91 Å². The Morgan fingerprint density at radius 3 is 2.81 bits per heavy atom. The van der Waals surface area contributed by atoms with Crippen molar-refractivity contribution in [1.82, 2.24) is 9.97 Å². The van der Waals surface area contributed by atoms with E-state index in [0.717, 1.165) is 10.4 Å². The summed E-state index contributed by atoms with van der Waals surface area (Å²) < 4.78 is 16.2. The third-order valence-electron chi connectivity index (χ3n) is 3.90. The predicted molar refractivity (Wildman–Crippen MR) is 103 cm³/mol.